The lowest BCUT2D eigenvalue weighted by atomic mass is 10.0. The molecule has 2 N–H and O–H groups in total. The molecule has 3 aromatic rings. The topological polar surface area (TPSA) is 85.5 Å². The standard InChI is InChI=1S/C23H23N3O3S/c24-21(27)15-29-17-11-8-16(9-12-17)10-13-22(28)26-14-4-3-6-19(26)23-25-18-5-1-2-7-20(18)30-23/h1-2,5,7-13,19H,3-4,6,14-15H2,(H2,24,27)/b13-10+. The first-order valence-electron chi connectivity index (χ1n) is 9.95. The molecule has 0 spiro atoms. The van der Waals surface area contributed by atoms with Crippen molar-refractivity contribution >= 4 is 39.4 Å². The Hall–Kier alpha value is -3.19. The van der Waals surface area contributed by atoms with E-state index in [-0.39, 0.29) is 18.6 Å². The van der Waals surface area contributed by atoms with Gasteiger partial charge in [0.05, 0.1) is 16.3 Å². The molecule has 2 heterocycles. The molecular weight excluding hydrogens is 398 g/mol. The molecule has 1 saturated heterocycles. The molecule has 1 aliphatic rings. The zero-order chi connectivity index (χ0) is 20.9. The number of likely N-dealkylation sites (tertiary alicyclic amines) is 1. The van der Waals surface area contributed by atoms with Gasteiger partial charge in [0, 0.05) is 12.6 Å². The van der Waals surface area contributed by atoms with Crippen LogP contribution in [-0.4, -0.2) is 34.8 Å². The Morgan fingerprint density at radius 2 is 1.97 bits per heavy atom. The van der Waals surface area contributed by atoms with Crippen molar-refractivity contribution in [3.05, 3.63) is 65.2 Å². The van der Waals surface area contributed by atoms with Crippen molar-refractivity contribution < 1.29 is 14.3 Å². The Kier molecular flexibility index (Phi) is 6.09. The number of nitrogens with two attached hydrogens (primary N) is 1. The minimum absolute atomic E-state index is 0.00647. The molecule has 0 bridgehead atoms. The van der Waals surface area contributed by atoms with Crippen molar-refractivity contribution in [1.29, 1.82) is 0 Å². The highest BCUT2D eigenvalue weighted by molar-refractivity contribution is 7.18. The third-order valence-corrected chi connectivity index (χ3v) is 6.20. The number of piperidine rings is 1. The Bertz CT molecular complexity index is 1040. The number of carbonyl (C=O) groups excluding carboxylic acids is 2. The van der Waals surface area contributed by atoms with Crippen LogP contribution in [0.15, 0.2) is 54.6 Å². The van der Waals surface area contributed by atoms with Crippen LogP contribution < -0.4 is 10.5 Å². The molecule has 1 atom stereocenters. The number of primary amides is 1. The summed E-state index contributed by atoms with van der Waals surface area (Å²) >= 11 is 1.67. The maximum atomic E-state index is 13.0. The summed E-state index contributed by atoms with van der Waals surface area (Å²) in [5.74, 6) is 0.0333. The van der Waals surface area contributed by atoms with Crippen LogP contribution in [0.25, 0.3) is 16.3 Å². The van der Waals surface area contributed by atoms with E-state index in [2.05, 4.69) is 6.07 Å². The first-order valence-corrected chi connectivity index (χ1v) is 10.8. The summed E-state index contributed by atoms with van der Waals surface area (Å²) < 4.78 is 6.40. The molecule has 2 aromatic carbocycles. The van der Waals surface area contributed by atoms with Crippen LogP contribution in [0, 0.1) is 0 Å². The minimum atomic E-state index is -0.520. The molecule has 0 radical (unpaired) electrons. The van der Waals surface area contributed by atoms with E-state index >= 15 is 0 Å². The maximum Gasteiger partial charge on any atom is 0.255 e. The van der Waals surface area contributed by atoms with E-state index in [0.717, 1.165) is 46.6 Å². The van der Waals surface area contributed by atoms with Gasteiger partial charge in [-0.05, 0) is 55.2 Å². The van der Waals surface area contributed by atoms with E-state index in [0.29, 0.717) is 5.75 Å². The number of ether oxygens (including phenoxy) is 1. The highest BCUT2D eigenvalue weighted by Gasteiger charge is 2.29. The van der Waals surface area contributed by atoms with Crippen LogP contribution in [0.3, 0.4) is 0 Å². The fourth-order valence-corrected chi connectivity index (χ4v) is 4.69. The first kappa shape index (κ1) is 20.1. The summed E-state index contributed by atoms with van der Waals surface area (Å²) in [6, 6.07) is 15.3. The largest absolute Gasteiger partial charge is 0.484 e. The van der Waals surface area contributed by atoms with E-state index in [1.807, 2.05) is 35.2 Å². The molecule has 0 aliphatic carbocycles. The van der Waals surface area contributed by atoms with Gasteiger partial charge in [-0.15, -0.1) is 11.3 Å². The number of aromatic nitrogens is 1. The number of benzene rings is 2. The van der Waals surface area contributed by atoms with Crippen molar-refractivity contribution in [2.24, 2.45) is 5.73 Å². The Balaban J connectivity index is 1.46. The number of hydrogen-bond donors (Lipinski definition) is 1. The lowest BCUT2D eigenvalue weighted by molar-refractivity contribution is -0.129. The quantitative estimate of drug-likeness (QED) is 0.611. The molecule has 1 unspecified atom stereocenters. The summed E-state index contributed by atoms with van der Waals surface area (Å²) in [7, 11) is 0. The molecule has 0 saturated carbocycles. The molecule has 6 nitrogen and oxygen atoms in total. The molecule has 1 aromatic heterocycles. The van der Waals surface area contributed by atoms with Gasteiger partial charge in [-0.2, -0.15) is 0 Å². The van der Waals surface area contributed by atoms with E-state index in [4.69, 9.17) is 15.5 Å². The molecular formula is C23H23N3O3S. The van der Waals surface area contributed by atoms with Crippen molar-refractivity contribution in [3.63, 3.8) is 0 Å². The Labute approximate surface area is 179 Å². The fourth-order valence-electron chi connectivity index (χ4n) is 3.58. The summed E-state index contributed by atoms with van der Waals surface area (Å²) in [6.45, 7) is 0.583. The van der Waals surface area contributed by atoms with Crippen LogP contribution >= 0.6 is 11.3 Å². The Morgan fingerprint density at radius 1 is 1.17 bits per heavy atom. The molecule has 154 valence electrons. The summed E-state index contributed by atoms with van der Waals surface area (Å²) in [5, 5.41) is 1.01. The molecule has 1 aliphatic heterocycles. The second-order valence-electron chi connectivity index (χ2n) is 7.22. The molecule has 7 heteroatoms. The van der Waals surface area contributed by atoms with Crippen molar-refractivity contribution in [2.75, 3.05) is 13.2 Å². The maximum absolute atomic E-state index is 13.0. The Morgan fingerprint density at radius 3 is 2.73 bits per heavy atom. The molecule has 2 amide bonds. The predicted molar refractivity (Wildman–Crippen MR) is 118 cm³/mol. The van der Waals surface area contributed by atoms with Crippen LogP contribution in [0.2, 0.25) is 0 Å². The van der Waals surface area contributed by atoms with E-state index in [1.165, 1.54) is 0 Å². The second-order valence-corrected chi connectivity index (χ2v) is 8.28. The van der Waals surface area contributed by atoms with Crippen LogP contribution in [0.1, 0.15) is 35.9 Å². The van der Waals surface area contributed by atoms with E-state index < -0.39 is 5.91 Å². The summed E-state index contributed by atoms with van der Waals surface area (Å²) in [5.41, 5.74) is 6.94. The summed E-state index contributed by atoms with van der Waals surface area (Å²) in [6.07, 6.45) is 6.45. The van der Waals surface area contributed by atoms with Crippen LogP contribution in [-0.2, 0) is 9.59 Å². The third-order valence-electron chi connectivity index (χ3n) is 5.06. The van der Waals surface area contributed by atoms with Gasteiger partial charge in [0.2, 0.25) is 5.91 Å². The smallest absolute Gasteiger partial charge is 0.255 e. The number of rotatable bonds is 6. The SMILES string of the molecule is NC(=O)COc1ccc(/C=C/C(=O)N2CCCCC2c2nc3ccccc3s2)cc1. The highest BCUT2D eigenvalue weighted by Crippen LogP contribution is 2.35. The second kappa shape index (κ2) is 9.09. The number of amides is 2. The van der Waals surface area contributed by atoms with Gasteiger partial charge in [0.15, 0.2) is 6.61 Å². The van der Waals surface area contributed by atoms with Gasteiger partial charge < -0.3 is 15.4 Å². The van der Waals surface area contributed by atoms with Gasteiger partial charge in [-0.1, -0.05) is 24.3 Å². The molecule has 30 heavy (non-hydrogen) atoms. The lowest BCUT2D eigenvalue weighted by Gasteiger charge is -2.33. The van der Waals surface area contributed by atoms with Crippen LogP contribution in [0.4, 0.5) is 0 Å². The van der Waals surface area contributed by atoms with Gasteiger partial charge >= 0.3 is 0 Å². The average Bonchev–Trinajstić information content (AvgIpc) is 3.21. The molecule has 4 rings (SSSR count). The third kappa shape index (κ3) is 4.68. The fraction of sp³-hybridized carbons (Fsp3) is 0.261. The number of nitrogens with zero attached hydrogens (tertiary/aromatic N) is 2. The van der Waals surface area contributed by atoms with Crippen molar-refractivity contribution in [1.82, 2.24) is 9.88 Å². The minimum Gasteiger partial charge on any atom is -0.484 e. The lowest BCUT2D eigenvalue weighted by Crippen LogP contribution is -2.37. The number of para-hydroxylation sites is 1. The first-order chi connectivity index (χ1) is 14.6. The molecule has 1 fully saturated rings. The van der Waals surface area contributed by atoms with Gasteiger partial charge in [-0.3, -0.25) is 9.59 Å². The van der Waals surface area contributed by atoms with E-state index in [9.17, 15) is 9.59 Å². The van der Waals surface area contributed by atoms with Gasteiger partial charge in [-0.25, -0.2) is 4.98 Å². The van der Waals surface area contributed by atoms with Gasteiger partial charge in [0.1, 0.15) is 10.8 Å². The van der Waals surface area contributed by atoms with Gasteiger partial charge in [0.25, 0.3) is 5.91 Å². The van der Waals surface area contributed by atoms with Crippen molar-refractivity contribution in [2.45, 2.75) is 25.3 Å². The zero-order valence-corrected chi connectivity index (χ0v) is 17.3. The summed E-state index contributed by atoms with van der Waals surface area (Å²) in [4.78, 5) is 30.5. The monoisotopic (exact) mass is 421 g/mol. The normalized spacial score (nSPS) is 16.8. The van der Waals surface area contributed by atoms with Crippen molar-refractivity contribution in [3.8, 4) is 5.75 Å². The number of thiazole rings is 1. The van der Waals surface area contributed by atoms with Crippen LogP contribution in [0.5, 0.6) is 5.75 Å². The zero-order valence-electron chi connectivity index (χ0n) is 16.5. The number of fused-ring (bicyclic) bond motifs is 1. The number of carbonyl (C=O) groups is 2. The van der Waals surface area contributed by atoms with E-state index in [1.54, 1.807) is 35.6 Å². The predicted octanol–water partition coefficient (Wildman–Crippen LogP) is 3.93. The highest BCUT2D eigenvalue weighted by atomic mass is 32.1. The number of hydrogen-bond acceptors (Lipinski definition) is 5. The average molecular weight is 422 g/mol.